The summed E-state index contributed by atoms with van der Waals surface area (Å²) in [5.74, 6) is -0.0113. The van der Waals surface area contributed by atoms with Crippen molar-refractivity contribution in [2.45, 2.75) is 26.2 Å². The number of halogens is 1. The number of nitrogens with one attached hydrogen (secondary N) is 1. The van der Waals surface area contributed by atoms with E-state index in [-0.39, 0.29) is 12.5 Å². The first-order valence-corrected chi connectivity index (χ1v) is 6.91. The summed E-state index contributed by atoms with van der Waals surface area (Å²) in [7, 11) is 0. The van der Waals surface area contributed by atoms with Gasteiger partial charge in [-0.3, -0.25) is 4.79 Å². The van der Waals surface area contributed by atoms with Crippen molar-refractivity contribution in [3.05, 3.63) is 20.3 Å². The zero-order valence-electron chi connectivity index (χ0n) is 9.25. The molecule has 5 heteroatoms. The van der Waals surface area contributed by atoms with E-state index in [0.29, 0.717) is 6.54 Å². The molecule has 0 radical (unpaired) electrons. The van der Waals surface area contributed by atoms with Gasteiger partial charge in [-0.15, -0.1) is 11.3 Å². The fraction of sp³-hybridized carbons (Fsp3) is 0.545. The van der Waals surface area contributed by atoms with Gasteiger partial charge >= 0.3 is 0 Å². The molecule has 0 fully saturated rings. The van der Waals surface area contributed by atoms with Crippen LogP contribution in [0.1, 0.15) is 34.5 Å². The lowest BCUT2D eigenvalue weighted by Gasteiger charge is -2.02. The molecule has 1 heterocycles. The van der Waals surface area contributed by atoms with Gasteiger partial charge in [0, 0.05) is 13.2 Å². The molecule has 1 aromatic rings. The van der Waals surface area contributed by atoms with Gasteiger partial charge in [-0.05, 0) is 53.7 Å². The molecule has 0 aliphatic rings. The van der Waals surface area contributed by atoms with Crippen LogP contribution in [-0.2, 0) is 0 Å². The van der Waals surface area contributed by atoms with E-state index in [0.717, 1.165) is 33.5 Å². The van der Waals surface area contributed by atoms with E-state index in [9.17, 15) is 4.79 Å². The van der Waals surface area contributed by atoms with Crippen molar-refractivity contribution in [2.24, 2.45) is 0 Å². The SMILES string of the molecule is Cc1cc(C(=O)NCCCCCO)sc1Br. The van der Waals surface area contributed by atoms with Crippen LogP contribution in [0.2, 0.25) is 0 Å². The Kier molecular flexibility index (Phi) is 6.01. The predicted molar refractivity (Wildman–Crippen MR) is 70.0 cm³/mol. The largest absolute Gasteiger partial charge is 0.396 e. The van der Waals surface area contributed by atoms with Crippen molar-refractivity contribution in [1.29, 1.82) is 0 Å². The van der Waals surface area contributed by atoms with Gasteiger partial charge in [0.1, 0.15) is 0 Å². The third kappa shape index (κ3) is 4.23. The minimum Gasteiger partial charge on any atom is -0.396 e. The van der Waals surface area contributed by atoms with E-state index in [1.807, 2.05) is 13.0 Å². The fourth-order valence-corrected chi connectivity index (χ4v) is 2.73. The predicted octanol–water partition coefficient (Wildman–Crippen LogP) is 2.71. The average molecular weight is 306 g/mol. The molecule has 0 aliphatic heterocycles. The van der Waals surface area contributed by atoms with Crippen molar-refractivity contribution in [1.82, 2.24) is 5.32 Å². The summed E-state index contributed by atoms with van der Waals surface area (Å²) in [6.07, 6.45) is 2.67. The maximum atomic E-state index is 11.7. The highest BCUT2D eigenvalue weighted by Crippen LogP contribution is 2.27. The van der Waals surface area contributed by atoms with Crippen LogP contribution in [0.3, 0.4) is 0 Å². The van der Waals surface area contributed by atoms with Crippen molar-refractivity contribution in [2.75, 3.05) is 13.2 Å². The van der Waals surface area contributed by atoms with E-state index in [1.54, 1.807) is 0 Å². The van der Waals surface area contributed by atoms with Crippen molar-refractivity contribution >= 4 is 33.2 Å². The highest BCUT2D eigenvalue weighted by Gasteiger charge is 2.10. The Balaban J connectivity index is 2.30. The molecule has 90 valence electrons. The number of carbonyl (C=O) groups excluding carboxylic acids is 1. The molecule has 0 aliphatic carbocycles. The van der Waals surface area contributed by atoms with Crippen molar-refractivity contribution < 1.29 is 9.90 Å². The van der Waals surface area contributed by atoms with Gasteiger partial charge in [0.05, 0.1) is 8.66 Å². The maximum absolute atomic E-state index is 11.7. The summed E-state index contributed by atoms with van der Waals surface area (Å²) in [6, 6.07) is 1.89. The van der Waals surface area contributed by atoms with Crippen LogP contribution in [0, 0.1) is 6.92 Å². The van der Waals surface area contributed by atoms with Gasteiger partial charge in [-0.1, -0.05) is 0 Å². The number of aliphatic hydroxyl groups excluding tert-OH is 1. The zero-order chi connectivity index (χ0) is 12.0. The molecule has 0 bridgehead atoms. The van der Waals surface area contributed by atoms with Gasteiger partial charge in [0.2, 0.25) is 0 Å². The molecule has 16 heavy (non-hydrogen) atoms. The number of thiophene rings is 1. The monoisotopic (exact) mass is 305 g/mol. The van der Waals surface area contributed by atoms with Gasteiger partial charge in [-0.25, -0.2) is 0 Å². The second-order valence-electron chi connectivity index (χ2n) is 3.61. The molecular weight excluding hydrogens is 290 g/mol. The van der Waals surface area contributed by atoms with E-state index in [1.165, 1.54) is 11.3 Å². The van der Waals surface area contributed by atoms with E-state index < -0.39 is 0 Å². The standard InChI is InChI=1S/C11H16BrNO2S/c1-8-7-9(16-10(8)12)11(15)13-5-3-2-4-6-14/h7,14H,2-6H2,1H3,(H,13,15). The number of unbranched alkanes of at least 4 members (excludes halogenated alkanes) is 2. The average Bonchev–Trinajstić information content (AvgIpc) is 2.59. The van der Waals surface area contributed by atoms with Gasteiger partial charge in [0.25, 0.3) is 5.91 Å². The van der Waals surface area contributed by atoms with E-state index in [2.05, 4.69) is 21.2 Å². The molecule has 0 aromatic carbocycles. The quantitative estimate of drug-likeness (QED) is 0.794. The molecule has 0 unspecified atom stereocenters. The highest BCUT2D eigenvalue weighted by molar-refractivity contribution is 9.11. The molecule has 1 amide bonds. The number of rotatable bonds is 6. The number of carbonyl (C=O) groups is 1. The Morgan fingerprint density at radius 2 is 2.25 bits per heavy atom. The molecule has 0 saturated heterocycles. The van der Waals surface area contributed by atoms with Gasteiger partial charge < -0.3 is 10.4 Å². The van der Waals surface area contributed by atoms with Crippen LogP contribution in [-0.4, -0.2) is 24.2 Å². The Morgan fingerprint density at radius 3 is 2.81 bits per heavy atom. The van der Waals surface area contributed by atoms with Crippen LogP contribution in [0.15, 0.2) is 9.85 Å². The fourth-order valence-electron chi connectivity index (χ4n) is 1.27. The molecule has 0 saturated carbocycles. The number of aliphatic hydroxyl groups is 1. The summed E-state index contributed by atoms with van der Waals surface area (Å²) < 4.78 is 1.01. The van der Waals surface area contributed by atoms with Crippen LogP contribution >= 0.6 is 27.3 Å². The Labute approximate surface area is 108 Å². The first kappa shape index (κ1) is 13.7. The Bertz CT molecular complexity index is 332. The minimum absolute atomic E-state index is 0.0113. The molecular formula is C11H16BrNO2S. The molecule has 3 nitrogen and oxygen atoms in total. The zero-order valence-corrected chi connectivity index (χ0v) is 11.7. The van der Waals surface area contributed by atoms with Crippen LogP contribution < -0.4 is 5.32 Å². The maximum Gasteiger partial charge on any atom is 0.261 e. The van der Waals surface area contributed by atoms with Crippen molar-refractivity contribution in [3.63, 3.8) is 0 Å². The van der Waals surface area contributed by atoms with Gasteiger partial charge in [-0.2, -0.15) is 0 Å². The van der Waals surface area contributed by atoms with Crippen molar-refractivity contribution in [3.8, 4) is 0 Å². The highest BCUT2D eigenvalue weighted by atomic mass is 79.9. The number of hydrogen-bond acceptors (Lipinski definition) is 3. The van der Waals surface area contributed by atoms with E-state index >= 15 is 0 Å². The lowest BCUT2D eigenvalue weighted by Crippen LogP contribution is -2.23. The third-order valence-corrected chi connectivity index (χ3v) is 4.34. The molecule has 0 spiro atoms. The topological polar surface area (TPSA) is 49.3 Å². The normalized spacial score (nSPS) is 10.4. The molecule has 0 atom stereocenters. The Hall–Kier alpha value is -0.390. The number of aryl methyl sites for hydroxylation is 1. The lowest BCUT2D eigenvalue weighted by atomic mass is 10.2. The first-order valence-electron chi connectivity index (χ1n) is 5.30. The molecule has 1 rings (SSSR count). The second-order valence-corrected chi connectivity index (χ2v) is 5.98. The summed E-state index contributed by atoms with van der Waals surface area (Å²) in [5, 5.41) is 11.5. The van der Waals surface area contributed by atoms with Gasteiger partial charge in [0.15, 0.2) is 0 Å². The van der Waals surface area contributed by atoms with Crippen LogP contribution in [0.5, 0.6) is 0 Å². The summed E-state index contributed by atoms with van der Waals surface area (Å²) in [5.41, 5.74) is 1.09. The third-order valence-electron chi connectivity index (χ3n) is 2.20. The Morgan fingerprint density at radius 1 is 1.50 bits per heavy atom. The van der Waals surface area contributed by atoms with E-state index in [4.69, 9.17) is 5.11 Å². The lowest BCUT2D eigenvalue weighted by molar-refractivity contribution is 0.0957. The first-order chi connectivity index (χ1) is 7.65. The molecule has 2 N–H and O–H groups in total. The smallest absolute Gasteiger partial charge is 0.261 e. The summed E-state index contributed by atoms with van der Waals surface area (Å²) in [6.45, 7) is 2.87. The summed E-state index contributed by atoms with van der Waals surface area (Å²) >= 11 is 4.85. The van der Waals surface area contributed by atoms with Crippen LogP contribution in [0.4, 0.5) is 0 Å². The second kappa shape index (κ2) is 7.04. The van der Waals surface area contributed by atoms with Crippen LogP contribution in [0.25, 0.3) is 0 Å². The minimum atomic E-state index is -0.0113. The number of amides is 1. The molecule has 1 aromatic heterocycles. The summed E-state index contributed by atoms with van der Waals surface area (Å²) in [4.78, 5) is 12.4. The number of hydrogen-bond donors (Lipinski definition) is 2.